The van der Waals surface area contributed by atoms with Crippen LogP contribution in [0.1, 0.15) is 54.9 Å². The summed E-state index contributed by atoms with van der Waals surface area (Å²) in [5.74, 6) is -0.617. The van der Waals surface area contributed by atoms with E-state index in [-0.39, 0.29) is 35.5 Å². The maximum absolute atomic E-state index is 12.9. The molecule has 4 aliphatic carbocycles. The predicted molar refractivity (Wildman–Crippen MR) is 101 cm³/mol. The summed E-state index contributed by atoms with van der Waals surface area (Å²) in [7, 11) is 0. The number of fused-ring (bicyclic) bond motifs is 3. The van der Waals surface area contributed by atoms with Gasteiger partial charge in [0.25, 0.3) is 0 Å². The topological polar surface area (TPSA) is 69.7 Å². The number of hydrogen-bond acceptors (Lipinski definition) is 5. The van der Waals surface area contributed by atoms with Gasteiger partial charge in [0.2, 0.25) is 0 Å². The Bertz CT molecular complexity index is 759. The summed E-state index contributed by atoms with van der Waals surface area (Å²) in [6.45, 7) is 13.1. The highest BCUT2D eigenvalue weighted by molar-refractivity contribution is 5.97. The smallest absolute Gasteiger partial charge is 0.333 e. The van der Waals surface area contributed by atoms with E-state index >= 15 is 0 Å². The lowest BCUT2D eigenvalue weighted by atomic mass is 9.37. The Morgan fingerprint density at radius 2 is 1.74 bits per heavy atom. The van der Waals surface area contributed by atoms with Crippen molar-refractivity contribution in [2.45, 2.75) is 67.1 Å². The van der Waals surface area contributed by atoms with Crippen molar-refractivity contribution in [3.8, 4) is 0 Å². The Kier molecular flexibility index (Phi) is 4.64. The molecule has 0 radical (unpaired) electrons. The normalized spacial score (nSPS) is 39.7. The van der Waals surface area contributed by atoms with Crippen molar-refractivity contribution in [2.24, 2.45) is 28.6 Å². The predicted octanol–water partition coefficient (Wildman–Crippen LogP) is 3.62. The highest BCUT2D eigenvalue weighted by atomic mass is 16.6. The second kappa shape index (κ2) is 6.32. The number of allylic oxidation sites excluding steroid dienone is 3. The Morgan fingerprint density at radius 3 is 2.26 bits per heavy atom. The molecule has 0 heterocycles. The minimum atomic E-state index is -0.459. The van der Waals surface area contributed by atoms with Crippen LogP contribution in [0.5, 0.6) is 0 Å². The van der Waals surface area contributed by atoms with E-state index in [1.807, 2.05) is 6.92 Å². The SMILES string of the molecule is CC=C(C)C(=O)OC1CC(OC(C)=O)C2(C)C3C(=O)C=C(C)C2C3C1(C)C. The van der Waals surface area contributed by atoms with Gasteiger partial charge in [-0.3, -0.25) is 9.59 Å². The van der Waals surface area contributed by atoms with Crippen LogP contribution in [0.2, 0.25) is 0 Å². The van der Waals surface area contributed by atoms with Gasteiger partial charge in [-0.25, -0.2) is 4.79 Å². The van der Waals surface area contributed by atoms with Gasteiger partial charge >= 0.3 is 11.9 Å². The van der Waals surface area contributed by atoms with Gasteiger partial charge in [-0.05, 0) is 38.7 Å². The lowest BCUT2D eigenvalue weighted by Gasteiger charge is -2.65. The largest absolute Gasteiger partial charge is 0.462 e. The van der Waals surface area contributed by atoms with Crippen LogP contribution >= 0.6 is 0 Å². The number of ketones is 1. The summed E-state index contributed by atoms with van der Waals surface area (Å²) in [6.07, 6.45) is 2.99. The average Bonchev–Trinajstić information content (AvgIpc) is 2.66. The number of rotatable bonds is 3. The van der Waals surface area contributed by atoms with E-state index in [9.17, 15) is 14.4 Å². The standard InChI is InChI=1S/C22H30O5/c1-8-11(2)20(25)27-15-10-16(26-13(4)23)22(7)17-12(3)9-14(24)18(22)19(17)21(15,5)6/h8-9,15-19H,10H2,1-7H3. The van der Waals surface area contributed by atoms with Gasteiger partial charge in [-0.15, -0.1) is 0 Å². The highest BCUT2D eigenvalue weighted by Gasteiger charge is 2.74. The maximum Gasteiger partial charge on any atom is 0.333 e. The molecule has 4 bridgehead atoms. The third-order valence-electron chi connectivity index (χ3n) is 7.35. The maximum atomic E-state index is 12.9. The average molecular weight is 374 g/mol. The molecule has 148 valence electrons. The van der Waals surface area contributed by atoms with E-state index in [2.05, 4.69) is 20.8 Å². The van der Waals surface area contributed by atoms with Gasteiger partial charge in [-0.1, -0.05) is 32.4 Å². The van der Waals surface area contributed by atoms with Gasteiger partial charge in [0, 0.05) is 35.7 Å². The molecule has 5 heteroatoms. The van der Waals surface area contributed by atoms with Crippen molar-refractivity contribution >= 4 is 17.7 Å². The molecule has 0 N–H and O–H groups in total. The van der Waals surface area contributed by atoms with E-state index in [4.69, 9.17) is 9.47 Å². The number of carbonyl (C=O) groups excluding carboxylic acids is 3. The zero-order valence-electron chi connectivity index (χ0n) is 17.3. The first-order valence-corrected chi connectivity index (χ1v) is 9.69. The Hall–Kier alpha value is -1.91. The van der Waals surface area contributed by atoms with E-state index in [0.717, 1.165) is 5.57 Å². The lowest BCUT2D eigenvalue weighted by molar-refractivity contribution is -0.202. The van der Waals surface area contributed by atoms with Crippen LogP contribution in [0.4, 0.5) is 0 Å². The number of ether oxygens (including phenoxy) is 2. The molecule has 6 unspecified atom stereocenters. The van der Waals surface area contributed by atoms with Crippen LogP contribution < -0.4 is 0 Å². The van der Waals surface area contributed by atoms with Gasteiger partial charge in [0.1, 0.15) is 12.2 Å². The van der Waals surface area contributed by atoms with Crippen molar-refractivity contribution in [2.75, 3.05) is 0 Å². The first-order chi connectivity index (χ1) is 12.5. The molecule has 0 saturated heterocycles. The zero-order chi connectivity index (χ0) is 20.3. The molecule has 27 heavy (non-hydrogen) atoms. The van der Waals surface area contributed by atoms with E-state index in [0.29, 0.717) is 12.0 Å². The summed E-state index contributed by atoms with van der Waals surface area (Å²) in [6, 6.07) is 0. The summed E-state index contributed by atoms with van der Waals surface area (Å²) in [4.78, 5) is 37.2. The van der Waals surface area contributed by atoms with Crippen LogP contribution in [0.15, 0.2) is 23.3 Å². The molecule has 5 nitrogen and oxygen atoms in total. The van der Waals surface area contributed by atoms with Gasteiger partial charge in [-0.2, -0.15) is 0 Å². The van der Waals surface area contributed by atoms with E-state index in [1.165, 1.54) is 6.92 Å². The van der Waals surface area contributed by atoms with Crippen molar-refractivity contribution in [1.82, 2.24) is 0 Å². The molecule has 0 aromatic heterocycles. The van der Waals surface area contributed by atoms with Gasteiger partial charge in [0.05, 0.1) is 0 Å². The van der Waals surface area contributed by atoms with Crippen LogP contribution in [-0.4, -0.2) is 29.9 Å². The summed E-state index contributed by atoms with van der Waals surface area (Å²) < 4.78 is 11.6. The molecule has 3 fully saturated rings. The molecule has 0 aromatic carbocycles. The molecule has 3 saturated carbocycles. The van der Waals surface area contributed by atoms with E-state index < -0.39 is 23.0 Å². The molecule has 0 amide bonds. The molecular weight excluding hydrogens is 344 g/mol. The minimum Gasteiger partial charge on any atom is -0.462 e. The fourth-order valence-corrected chi connectivity index (χ4v) is 5.84. The summed E-state index contributed by atoms with van der Waals surface area (Å²) in [5, 5.41) is 0. The third kappa shape index (κ3) is 2.69. The van der Waals surface area contributed by atoms with Crippen molar-refractivity contribution in [3.63, 3.8) is 0 Å². The number of carbonyl (C=O) groups is 3. The molecule has 6 atom stereocenters. The Labute approximate surface area is 161 Å². The molecule has 0 aliphatic heterocycles. The fourth-order valence-electron chi connectivity index (χ4n) is 5.84. The van der Waals surface area contributed by atoms with Crippen LogP contribution in [0.3, 0.4) is 0 Å². The molecule has 4 rings (SSSR count). The monoisotopic (exact) mass is 374 g/mol. The second-order valence-electron chi connectivity index (χ2n) is 9.16. The van der Waals surface area contributed by atoms with Crippen LogP contribution in [0.25, 0.3) is 0 Å². The first kappa shape index (κ1) is 19.8. The zero-order valence-corrected chi connectivity index (χ0v) is 17.3. The van der Waals surface area contributed by atoms with Crippen LogP contribution in [-0.2, 0) is 23.9 Å². The minimum absolute atomic E-state index is 0.0734. The van der Waals surface area contributed by atoms with E-state index in [1.54, 1.807) is 26.0 Å². The fraction of sp³-hybridized carbons (Fsp3) is 0.682. The van der Waals surface area contributed by atoms with Gasteiger partial charge in [0.15, 0.2) is 5.78 Å². The molecule has 0 aromatic rings. The van der Waals surface area contributed by atoms with Crippen molar-refractivity contribution in [1.29, 1.82) is 0 Å². The van der Waals surface area contributed by atoms with Crippen LogP contribution in [0, 0.1) is 28.6 Å². The number of hydrogen-bond donors (Lipinski definition) is 0. The molecule has 4 aliphatic rings. The quantitative estimate of drug-likeness (QED) is 0.557. The van der Waals surface area contributed by atoms with Gasteiger partial charge < -0.3 is 9.47 Å². The summed E-state index contributed by atoms with van der Waals surface area (Å²) in [5.41, 5.74) is 0.737. The third-order valence-corrected chi connectivity index (χ3v) is 7.35. The molecule has 0 spiro atoms. The van der Waals surface area contributed by atoms with Crippen molar-refractivity contribution < 1.29 is 23.9 Å². The Morgan fingerprint density at radius 1 is 1.11 bits per heavy atom. The lowest BCUT2D eigenvalue weighted by Crippen LogP contribution is -2.67. The summed E-state index contributed by atoms with van der Waals surface area (Å²) >= 11 is 0. The first-order valence-electron chi connectivity index (χ1n) is 9.69. The Balaban J connectivity index is 2.06. The number of esters is 2. The molecular formula is C22H30O5. The highest BCUT2D eigenvalue weighted by Crippen LogP contribution is 2.72. The van der Waals surface area contributed by atoms with Crippen molar-refractivity contribution in [3.05, 3.63) is 23.3 Å². The second-order valence-corrected chi connectivity index (χ2v) is 9.16.